The molecule has 2 rings (SSSR count). The summed E-state index contributed by atoms with van der Waals surface area (Å²) >= 11 is 5.99. The SMILES string of the molecule is CCc1c(C(=O)O)cc(S(=O)(=O)NNC2CCCCC2)c(Cl)c1[N+](=O)[O-]. The molecule has 1 aliphatic carbocycles. The van der Waals surface area contributed by atoms with Gasteiger partial charge in [0.15, 0.2) is 0 Å². The van der Waals surface area contributed by atoms with E-state index in [1.807, 2.05) is 0 Å². The second-order valence-electron chi connectivity index (χ2n) is 6.06. The molecule has 0 radical (unpaired) electrons. The number of carboxylic acid groups (broad SMARTS) is 1. The number of benzene rings is 1. The molecule has 1 fully saturated rings. The summed E-state index contributed by atoms with van der Waals surface area (Å²) in [7, 11) is -4.29. The molecule has 1 aromatic carbocycles. The Bertz CT molecular complexity index is 821. The molecular weight excluding hydrogens is 386 g/mol. The van der Waals surface area contributed by atoms with Gasteiger partial charge in [0.25, 0.3) is 15.7 Å². The van der Waals surface area contributed by atoms with Crippen molar-refractivity contribution in [1.29, 1.82) is 0 Å². The number of hydrogen-bond acceptors (Lipinski definition) is 6. The van der Waals surface area contributed by atoms with E-state index in [1.165, 1.54) is 6.92 Å². The highest BCUT2D eigenvalue weighted by Crippen LogP contribution is 2.37. The summed E-state index contributed by atoms with van der Waals surface area (Å²) in [5.74, 6) is -1.46. The second-order valence-corrected chi connectivity index (χ2v) is 8.09. The maximum absolute atomic E-state index is 12.6. The minimum Gasteiger partial charge on any atom is -0.478 e. The average Bonchev–Trinajstić information content (AvgIpc) is 2.59. The van der Waals surface area contributed by atoms with Crippen LogP contribution in [0.25, 0.3) is 0 Å². The van der Waals surface area contributed by atoms with Crippen LogP contribution in [0.1, 0.15) is 54.9 Å². The molecular formula is C15H20ClN3O6S. The predicted octanol–water partition coefficient (Wildman–Crippen LogP) is 2.62. The zero-order valence-electron chi connectivity index (χ0n) is 14.1. The summed E-state index contributed by atoms with van der Waals surface area (Å²) in [6.07, 6.45) is 4.65. The number of aromatic carboxylic acids is 1. The molecule has 0 heterocycles. The maximum atomic E-state index is 12.6. The third-order valence-electron chi connectivity index (χ3n) is 4.37. The first kappa shape index (κ1) is 20.6. The lowest BCUT2D eigenvalue weighted by atomic mass is 9.96. The number of hydrogen-bond donors (Lipinski definition) is 3. The van der Waals surface area contributed by atoms with E-state index < -0.39 is 42.1 Å². The molecule has 3 N–H and O–H groups in total. The standard InChI is InChI=1S/C15H20ClN3O6S/c1-2-10-11(15(20)21)8-12(13(16)14(10)19(22)23)26(24,25)18-17-9-6-4-3-5-7-9/h8-9,17-18H,2-7H2,1H3,(H,20,21). The smallest absolute Gasteiger partial charge is 0.336 e. The van der Waals surface area contributed by atoms with E-state index >= 15 is 0 Å². The largest absolute Gasteiger partial charge is 0.478 e. The second kappa shape index (κ2) is 8.30. The van der Waals surface area contributed by atoms with Crippen molar-refractivity contribution in [2.75, 3.05) is 0 Å². The number of halogens is 1. The van der Waals surface area contributed by atoms with E-state index in [0.29, 0.717) is 0 Å². The van der Waals surface area contributed by atoms with Gasteiger partial charge < -0.3 is 5.11 Å². The van der Waals surface area contributed by atoms with Crippen LogP contribution in [-0.4, -0.2) is 30.5 Å². The molecule has 1 saturated carbocycles. The molecule has 0 aliphatic heterocycles. The molecule has 144 valence electrons. The fourth-order valence-corrected chi connectivity index (χ4v) is 4.64. The van der Waals surface area contributed by atoms with Gasteiger partial charge in [0.1, 0.15) is 9.92 Å². The molecule has 9 nitrogen and oxygen atoms in total. The number of nitrogens with zero attached hydrogens (tertiary/aromatic N) is 1. The van der Waals surface area contributed by atoms with Crippen molar-refractivity contribution in [3.8, 4) is 0 Å². The zero-order valence-corrected chi connectivity index (χ0v) is 15.7. The molecule has 11 heteroatoms. The van der Waals surface area contributed by atoms with Crippen LogP contribution in [0.2, 0.25) is 5.02 Å². The van der Waals surface area contributed by atoms with E-state index in [-0.39, 0.29) is 18.0 Å². The highest BCUT2D eigenvalue weighted by Gasteiger charge is 2.32. The number of hydrazine groups is 1. The fourth-order valence-electron chi connectivity index (χ4n) is 3.06. The van der Waals surface area contributed by atoms with Gasteiger partial charge in [-0.25, -0.2) is 18.6 Å². The first-order valence-electron chi connectivity index (χ1n) is 8.19. The monoisotopic (exact) mass is 405 g/mol. The van der Waals surface area contributed by atoms with Gasteiger partial charge in [0, 0.05) is 11.6 Å². The molecule has 1 aromatic rings. The Hall–Kier alpha value is -1.75. The minimum atomic E-state index is -4.29. The van der Waals surface area contributed by atoms with E-state index in [2.05, 4.69) is 10.3 Å². The van der Waals surface area contributed by atoms with E-state index in [0.717, 1.165) is 38.2 Å². The third-order valence-corrected chi connectivity index (χ3v) is 6.15. The van der Waals surface area contributed by atoms with Crippen molar-refractivity contribution in [2.24, 2.45) is 0 Å². The topological polar surface area (TPSA) is 139 Å². The summed E-state index contributed by atoms with van der Waals surface area (Å²) < 4.78 is 25.1. The van der Waals surface area contributed by atoms with Crippen LogP contribution < -0.4 is 10.3 Å². The average molecular weight is 406 g/mol. The zero-order chi connectivity index (χ0) is 19.5. The predicted molar refractivity (Wildman–Crippen MR) is 94.8 cm³/mol. The van der Waals surface area contributed by atoms with E-state index in [1.54, 1.807) is 0 Å². The highest BCUT2D eigenvalue weighted by molar-refractivity contribution is 7.89. The molecule has 0 atom stereocenters. The Kier molecular flexibility index (Phi) is 6.56. The number of sulfonamides is 1. The molecule has 0 bridgehead atoms. The highest BCUT2D eigenvalue weighted by atomic mass is 35.5. The fraction of sp³-hybridized carbons (Fsp3) is 0.533. The Morgan fingerprint density at radius 3 is 2.50 bits per heavy atom. The normalized spacial score (nSPS) is 15.8. The van der Waals surface area contributed by atoms with Crippen molar-refractivity contribution < 1.29 is 23.2 Å². The van der Waals surface area contributed by atoms with Crippen LogP contribution in [0.5, 0.6) is 0 Å². The van der Waals surface area contributed by atoms with Gasteiger partial charge in [0.05, 0.1) is 10.5 Å². The molecule has 1 aliphatic rings. The van der Waals surface area contributed by atoms with Crippen molar-refractivity contribution in [3.05, 3.63) is 32.3 Å². The summed E-state index contributed by atoms with van der Waals surface area (Å²) in [5, 5.41) is 20.1. The van der Waals surface area contributed by atoms with Gasteiger partial charge in [-0.2, -0.15) is 0 Å². The quantitative estimate of drug-likeness (QED) is 0.468. The molecule has 0 aromatic heterocycles. The Morgan fingerprint density at radius 1 is 1.38 bits per heavy atom. The lowest BCUT2D eigenvalue weighted by Gasteiger charge is -2.23. The number of nitro groups is 1. The third kappa shape index (κ3) is 4.32. The Balaban J connectivity index is 2.46. The first-order valence-corrected chi connectivity index (χ1v) is 10.1. The number of nitrogens with one attached hydrogen (secondary N) is 2. The maximum Gasteiger partial charge on any atom is 0.336 e. The van der Waals surface area contributed by atoms with Gasteiger partial charge >= 0.3 is 5.97 Å². The van der Waals surface area contributed by atoms with Crippen LogP contribution in [0, 0.1) is 10.1 Å². The van der Waals surface area contributed by atoms with Crippen LogP contribution in [-0.2, 0) is 16.4 Å². The Morgan fingerprint density at radius 2 is 2.00 bits per heavy atom. The first-order chi connectivity index (χ1) is 12.2. The molecule has 26 heavy (non-hydrogen) atoms. The molecule has 0 spiro atoms. The van der Waals surface area contributed by atoms with Crippen LogP contribution in [0.3, 0.4) is 0 Å². The van der Waals surface area contributed by atoms with Crippen molar-refractivity contribution >= 4 is 33.3 Å². The van der Waals surface area contributed by atoms with Crippen LogP contribution in [0.15, 0.2) is 11.0 Å². The minimum absolute atomic E-state index is 0.0196. The van der Waals surface area contributed by atoms with Gasteiger partial charge in [0.2, 0.25) is 0 Å². The Labute approximate surface area is 155 Å². The molecule has 0 unspecified atom stereocenters. The summed E-state index contributed by atoms with van der Waals surface area (Å²) in [4.78, 5) is 23.5. The summed E-state index contributed by atoms with van der Waals surface area (Å²) in [6, 6.07) is 0.808. The number of carbonyl (C=O) groups is 1. The van der Waals surface area contributed by atoms with Gasteiger partial charge in [-0.1, -0.05) is 37.8 Å². The van der Waals surface area contributed by atoms with Crippen molar-refractivity contribution in [1.82, 2.24) is 10.3 Å². The van der Waals surface area contributed by atoms with Gasteiger partial charge in [-0.15, -0.1) is 4.83 Å². The summed E-state index contributed by atoms with van der Waals surface area (Å²) in [6.45, 7) is 1.53. The van der Waals surface area contributed by atoms with Gasteiger partial charge in [-0.3, -0.25) is 10.1 Å². The van der Waals surface area contributed by atoms with Crippen molar-refractivity contribution in [3.63, 3.8) is 0 Å². The van der Waals surface area contributed by atoms with Gasteiger partial charge in [-0.05, 0) is 25.3 Å². The summed E-state index contributed by atoms with van der Waals surface area (Å²) in [5.41, 5.74) is 1.42. The molecule has 0 saturated heterocycles. The molecule has 0 amide bonds. The number of carboxylic acids is 1. The van der Waals surface area contributed by atoms with Crippen molar-refractivity contribution in [2.45, 2.75) is 56.4 Å². The lowest BCUT2D eigenvalue weighted by molar-refractivity contribution is -0.385. The number of rotatable bonds is 7. The van der Waals surface area contributed by atoms with Crippen LogP contribution >= 0.6 is 11.6 Å². The van der Waals surface area contributed by atoms with E-state index in [4.69, 9.17) is 11.6 Å². The number of nitro benzene ring substituents is 1. The van der Waals surface area contributed by atoms with E-state index in [9.17, 15) is 28.4 Å². The van der Waals surface area contributed by atoms with Crippen LogP contribution in [0.4, 0.5) is 5.69 Å². The lowest BCUT2D eigenvalue weighted by Crippen LogP contribution is -2.45.